The van der Waals surface area contributed by atoms with E-state index in [-0.39, 0.29) is 5.91 Å². The van der Waals surface area contributed by atoms with Gasteiger partial charge in [-0.05, 0) is 24.3 Å². The molecule has 0 spiro atoms. The Morgan fingerprint density at radius 3 is 2.82 bits per heavy atom. The number of nitrogens with one attached hydrogen (secondary N) is 1. The molecule has 22 heavy (non-hydrogen) atoms. The van der Waals surface area contributed by atoms with Crippen LogP contribution >= 0.6 is 23.4 Å². The van der Waals surface area contributed by atoms with E-state index in [0.29, 0.717) is 17.2 Å². The van der Waals surface area contributed by atoms with E-state index in [4.69, 9.17) is 11.6 Å². The first-order chi connectivity index (χ1) is 10.7. The molecule has 2 aromatic carbocycles. The first-order valence-corrected chi connectivity index (χ1v) is 8.19. The van der Waals surface area contributed by atoms with Gasteiger partial charge in [0.1, 0.15) is 6.33 Å². The van der Waals surface area contributed by atoms with Crippen molar-refractivity contribution in [3.05, 3.63) is 59.9 Å². The Morgan fingerprint density at radius 2 is 1.95 bits per heavy atom. The predicted molar refractivity (Wildman–Crippen MR) is 90.9 cm³/mol. The number of carbonyl (C=O) groups excluding carboxylic acids is 1. The van der Waals surface area contributed by atoms with E-state index in [1.807, 2.05) is 48.5 Å². The third kappa shape index (κ3) is 3.43. The highest BCUT2D eigenvalue weighted by Gasteiger charge is 2.07. The fourth-order valence-corrected chi connectivity index (χ4v) is 3.24. The van der Waals surface area contributed by atoms with Crippen LogP contribution in [0.15, 0.2) is 59.8 Å². The van der Waals surface area contributed by atoms with Crippen LogP contribution in [0.5, 0.6) is 0 Å². The van der Waals surface area contributed by atoms with E-state index in [1.165, 1.54) is 0 Å². The summed E-state index contributed by atoms with van der Waals surface area (Å²) in [6, 6.07) is 15.3. The fourth-order valence-electron chi connectivity index (χ4n) is 2.05. The summed E-state index contributed by atoms with van der Waals surface area (Å²) in [5.74, 6) is 0.616. The molecule has 1 aromatic heterocycles. The number of imidazole rings is 1. The number of halogens is 1. The Morgan fingerprint density at radius 1 is 1.18 bits per heavy atom. The second-order valence-corrected chi connectivity index (χ2v) is 6.21. The zero-order valence-electron chi connectivity index (χ0n) is 11.7. The van der Waals surface area contributed by atoms with Crippen LogP contribution in [0.4, 0.5) is 0 Å². The van der Waals surface area contributed by atoms with E-state index < -0.39 is 0 Å². The second-order valence-electron chi connectivity index (χ2n) is 4.67. The van der Waals surface area contributed by atoms with Crippen molar-refractivity contribution in [2.75, 3.05) is 11.2 Å². The minimum absolute atomic E-state index is 0.0530. The van der Waals surface area contributed by atoms with Gasteiger partial charge in [0.05, 0.1) is 16.1 Å². The standard InChI is InChI=1S/C16H14ClN3OS/c17-12-5-1-4-8-15(12)22-10-9-16(21)19-20-11-18-13-6-2-3-7-14(13)20/h1-8,11H,9-10H2,(H,19,21). The normalized spacial score (nSPS) is 10.8. The van der Waals surface area contributed by atoms with Crippen molar-refractivity contribution in [3.8, 4) is 0 Å². The van der Waals surface area contributed by atoms with Gasteiger partial charge in [-0.15, -0.1) is 11.8 Å². The van der Waals surface area contributed by atoms with Crippen molar-refractivity contribution >= 4 is 40.3 Å². The topological polar surface area (TPSA) is 46.9 Å². The molecule has 0 aliphatic carbocycles. The summed E-state index contributed by atoms with van der Waals surface area (Å²) in [4.78, 5) is 17.3. The molecule has 0 saturated heterocycles. The summed E-state index contributed by atoms with van der Waals surface area (Å²) in [5.41, 5.74) is 4.57. The Kier molecular flexibility index (Phi) is 4.65. The molecule has 0 fully saturated rings. The number of hydrogen-bond acceptors (Lipinski definition) is 3. The molecule has 112 valence electrons. The largest absolute Gasteiger partial charge is 0.273 e. The molecule has 1 heterocycles. The first-order valence-electron chi connectivity index (χ1n) is 6.83. The molecule has 0 atom stereocenters. The fraction of sp³-hybridized carbons (Fsp3) is 0.125. The minimum atomic E-state index is -0.0530. The lowest BCUT2D eigenvalue weighted by Gasteiger charge is -2.07. The number of rotatable bonds is 5. The lowest BCUT2D eigenvalue weighted by atomic mass is 10.3. The summed E-state index contributed by atoms with van der Waals surface area (Å²) in [5, 5.41) is 0.716. The van der Waals surface area contributed by atoms with Gasteiger partial charge in [-0.25, -0.2) is 9.66 Å². The molecule has 0 aliphatic rings. The quantitative estimate of drug-likeness (QED) is 0.720. The smallest absolute Gasteiger partial charge is 0.239 e. The van der Waals surface area contributed by atoms with Crippen LogP contribution in [0.3, 0.4) is 0 Å². The van der Waals surface area contributed by atoms with E-state index in [1.54, 1.807) is 22.8 Å². The molecule has 0 aliphatic heterocycles. The highest BCUT2D eigenvalue weighted by molar-refractivity contribution is 7.99. The minimum Gasteiger partial charge on any atom is -0.273 e. The highest BCUT2D eigenvalue weighted by atomic mass is 35.5. The summed E-state index contributed by atoms with van der Waals surface area (Å²) >= 11 is 7.66. The maximum Gasteiger partial charge on any atom is 0.239 e. The number of benzene rings is 2. The number of para-hydroxylation sites is 2. The number of carbonyl (C=O) groups is 1. The summed E-state index contributed by atoms with van der Waals surface area (Å²) < 4.78 is 1.65. The zero-order chi connectivity index (χ0) is 15.4. The Balaban J connectivity index is 1.56. The van der Waals surface area contributed by atoms with Crippen molar-refractivity contribution < 1.29 is 4.79 Å². The average molecular weight is 332 g/mol. The zero-order valence-corrected chi connectivity index (χ0v) is 13.3. The molecule has 0 saturated carbocycles. The molecular formula is C16H14ClN3OS. The molecule has 6 heteroatoms. The van der Waals surface area contributed by atoms with Gasteiger partial charge in [0.2, 0.25) is 5.91 Å². The van der Waals surface area contributed by atoms with Gasteiger partial charge in [-0.2, -0.15) is 0 Å². The van der Waals surface area contributed by atoms with Gasteiger partial charge in [0.15, 0.2) is 0 Å². The molecule has 1 N–H and O–H groups in total. The van der Waals surface area contributed by atoms with Gasteiger partial charge in [-0.1, -0.05) is 35.9 Å². The Labute approximate surface area is 137 Å². The third-order valence-corrected chi connectivity index (χ3v) is 4.64. The van der Waals surface area contributed by atoms with Crippen molar-refractivity contribution in [1.29, 1.82) is 0 Å². The second kappa shape index (κ2) is 6.85. The van der Waals surface area contributed by atoms with E-state index in [0.717, 1.165) is 15.9 Å². The lowest BCUT2D eigenvalue weighted by molar-refractivity contribution is -0.116. The van der Waals surface area contributed by atoms with E-state index in [2.05, 4.69) is 10.4 Å². The molecule has 4 nitrogen and oxygen atoms in total. The summed E-state index contributed by atoms with van der Waals surface area (Å²) in [6.45, 7) is 0. The van der Waals surface area contributed by atoms with Crippen molar-refractivity contribution in [2.24, 2.45) is 0 Å². The molecule has 3 aromatic rings. The van der Waals surface area contributed by atoms with Crippen molar-refractivity contribution in [3.63, 3.8) is 0 Å². The molecule has 0 unspecified atom stereocenters. The Hall–Kier alpha value is -1.98. The SMILES string of the molecule is O=C(CCSc1ccccc1Cl)Nn1cnc2ccccc21. The van der Waals surface area contributed by atoms with Gasteiger partial charge in [0, 0.05) is 17.1 Å². The number of fused-ring (bicyclic) bond motifs is 1. The van der Waals surface area contributed by atoms with Crippen LogP contribution in [0.1, 0.15) is 6.42 Å². The van der Waals surface area contributed by atoms with Crippen LogP contribution in [0.25, 0.3) is 11.0 Å². The molecule has 0 radical (unpaired) electrons. The van der Waals surface area contributed by atoms with E-state index >= 15 is 0 Å². The van der Waals surface area contributed by atoms with Gasteiger partial charge in [0.25, 0.3) is 0 Å². The van der Waals surface area contributed by atoms with Crippen molar-refractivity contribution in [2.45, 2.75) is 11.3 Å². The maximum atomic E-state index is 12.0. The number of nitrogens with zero attached hydrogens (tertiary/aromatic N) is 2. The van der Waals surface area contributed by atoms with E-state index in [9.17, 15) is 4.79 Å². The number of amides is 1. The average Bonchev–Trinajstić information content (AvgIpc) is 2.92. The maximum absolute atomic E-state index is 12.0. The summed E-state index contributed by atoms with van der Waals surface area (Å²) in [7, 11) is 0. The van der Waals surface area contributed by atoms with Crippen LogP contribution in [-0.4, -0.2) is 21.3 Å². The molecular weight excluding hydrogens is 318 g/mol. The van der Waals surface area contributed by atoms with Gasteiger partial charge in [-0.3, -0.25) is 10.2 Å². The van der Waals surface area contributed by atoms with Gasteiger partial charge < -0.3 is 0 Å². The molecule has 3 rings (SSSR count). The third-order valence-electron chi connectivity index (χ3n) is 3.12. The van der Waals surface area contributed by atoms with Crippen LogP contribution < -0.4 is 5.43 Å². The van der Waals surface area contributed by atoms with Crippen molar-refractivity contribution in [1.82, 2.24) is 9.66 Å². The number of aromatic nitrogens is 2. The van der Waals surface area contributed by atoms with Crippen LogP contribution in [0, 0.1) is 0 Å². The van der Waals surface area contributed by atoms with Crippen LogP contribution in [0.2, 0.25) is 5.02 Å². The Bertz CT molecular complexity index is 803. The number of thioether (sulfide) groups is 1. The number of hydrogen-bond donors (Lipinski definition) is 1. The first kappa shape index (κ1) is 14.9. The monoisotopic (exact) mass is 331 g/mol. The predicted octanol–water partition coefficient (Wildman–Crippen LogP) is 3.94. The summed E-state index contributed by atoms with van der Waals surface area (Å²) in [6.07, 6.45) is 2.02. The molecule has 1 amide bonds. The van der Waals surface area contributed by atoms with Crippen LogP contribution in [-0.2, 0) is 4.79 Å². The lowest BCUT2D eigenvalue weighted by Crippen LogP contribution is -2.22. The highest BCUT2D eigenvalue weighted by Crippen LogP contribution is 2.26. The molecule has 0 bridgehead atoms. The van der Waals surface area contributed by atoms with Gasteiger partial charge >= 0.3 is 0 Å².